The number of rotatable bonds is 4. The number of phenols is 1. The van der Waals surface area contributed by atoms with Crippen LogP contribution in [0.4, 0.5) is 0 Å². The van der Waals surface area contributed by atoms with E-state index in [0.29, 0.717) is 11.4 Å². The molecule has 0 atom stereocenters. The second kappa shape index (κ2) is 3.94. The smallest absolute Gasteiger partial charge is 0.188 e. The van der Waals surface area contributed by atoms with Gasteiger partial charge in [0.05, 0.1) is 0 Å². The van der Waals surface area contributed by atoms with E-state index in [1.807, 2.05) is 38.3 Å². The molecule has 2 heterocycles. The van der Waals surface area contributed by atoms with E-state index in [9.17, 15) is 5.11 Å². The van der Waals surface area contributed by atoms with Crippen LogP contribution in [0.5, 0.6) is 11.5 Å². The summed E-state index contributed by atoms with van der Waals surface area (Å²) >= 11 is 0. The second-order valence-corrected chi connectivity index (χ2v) is 4.56. The maximum Gasteiger partial charge on any atom is 0.188 e. The van der Waals surface area contributed by atoms with Gasteiger partial charge in [0.25, 0.3) is 0 Å². The van der Waals surface area contributed by atoms with Crippen molar-refractivity contribution in [2.45, 2.75) is 0 Å². The Kier molecular flexibility index (Phi) is 2.22. The highest BCUT2D eigenvalue weighted by Crippen LogP contribution is 2.32. The molecule has 0 spiro atoms. The zero-order chi connectivity index (χ0) is 13.7. The van der Waals surface area contributed by atoms with Crippen LogP contribution < -0.4 is 4.74 Å². The lowest BCUT2D eigenvalue weighted by Crippen LogP contribution is -1.99. The number of hydrogen-bond donors (Lipinski definition) is 1. The van der Waals surface area contributed by atoms with Crippen LogP contribution in [0.15, 0.2) is 42.5 Å². The minimum Gasteiger partial charge on any atom is -0.506 e. The molecule has 0 radical (unpaired) electrons. The monoisotopic (exact) mass is 271 g/mol. The lowest BCUT2D eigenvalue weighted by Gasteiger charge is -2.06. The predicted molar refractivity (Wildman–Crippen MR) is 73.0 cm³/mol. The van der Waals surface area contributed by atoms with Crippen molar-refractivity contribution in [3.05, 3.63) is 42.5 Å². The normalized spacial score (nSPS) is 11.8. The Morgan fingerprint density at radius 1 is 1.05 bits per heavy atom. The number of aromatic nitrogens is 3. The molecule has 4 aromatic rings. The van der Waals surface area contributed by atoms with Gasteiger partial charge >= 0.3 is 0 Å². The fourth-order valence-electron chi connectivity index (χ4n) is 2.38. The molecule has 0 saturated heterocycles. The Balaban J connectivity index is 1.79. The largest absolute Gasteiger partial charge is 0.506 e. The number of ether oxygens (including phenoxy) is 2. The maximum atomic E-state index is 10.0. The van der Waals surface area contributed by atoms with Gasteiger partial charge in [-0.15, -0.1) is 14.1 Å². The van der Waals surface area contributed by atoms with Crippen LogP contribution in [0.25, 0.3) is 16.7 Å². The first-order valence-corrected chi connectivity index (χ1v) is 6.25. The van der Waals surface area contributed by atoms with Gasteiger partial charge in [0, 0.05) is 13.2 Å². The summed E-state index contributed by atoms with van der Waals surface area (Å²) in [5.41, 5.74) is 2.92. The molecule has 0 bridgehead atoms. The SMILES string of the molecule is COCOc1ccc(O)c(-n2n3c4ccccc4n23)c1. The van der Waals surface area contributed by atoms with Gasteiger partial charge < -0.3 is 14.6 Å². The molecule has 4 rings (SSSR count). The van der Waals surface area contributed by atoms with E-state index in [2.05, 4.69) is 0 Å². The van der Waals surface area contributed by atoms with Crippen LogP contribution in [0.1, 0.15) is 0 Å². The van der Waals surface area contributed by atoms with Crippen LogP contribution in [0, 0.1) is 0 Å². The van der Waals surface area contributed by atoms with Gasteiger partial charge in [0.2, 0.25) is 0 Å². The Bertz CT molecular complexity index is 829. The number of para-hydroxylation sites is 2. The zero-order valence-electron chi connectivity index (χ0n) is 10.9. The van der Waals surface area contributed by atoms with Gasteiger partial charge in [0.1, 0.15) is 28.2 Å². The topological polar surface area (TPSA) is 52.4 Å². The molecule has 0 aliphatic rings. The molecule has 0 fully saturated rings. The third kappa shape index (κ3) is 1.42. The number of phenolic OH excluding ortho intramolecular Hbond substituents is 1. The van der Waals surface area contributed by atoms with Crippen LogP contribution in [-0.4, -0.2) is 33.1 Å². The highest BCUT2D eigenvalue weighted by atomic mass is 16.7. The molecule has 1 N–H and O–H groups in total. The summed E-state index contributed by atoms with van der Waals surface area (Å²) in [7, 11) is 1.57. The number of aromatic hydroxyl groups is 1. The quantitative estimate of drug-likeness (QED) is 0.578. The van der Waals surface area contributed by atoms with Gasteiger partial charge in [-0.3, -0.25) is 0 Å². The first kappa shape index (κ1) is 11.2. The lowest BCUT2D eigenvalue weighted by atomic mass is 10.3. The van der Waals surface area contributed by atoms with Crippen molar-refractivity contribution in [3.8, 4) is 17.2 Å². The van der Waals surface area contributed by atoms with E-state index in [0.717, 1.165) is 11.0 Å². The van der Waals surface area contributed by atoms with E-state index in [1.54, 1.807) is 25.3 Å². The summed E-state index contributed by atoms with van der Waals surface area (Å²) in [6.45, 7) is 0.178. The first-order chi connectivity index (χ1) is 9.81. The summed E-state index contributed by atoms with van der Waals surface area (Å²) in [6.07, 6.45) is 0. The van der Waals surface area contributed by atoms with Gasteiger partial charge in [-0.2, -0.15) is 0 Å². The van der Waals surface area contributed by atoms with Crippen molar-refractivity contribution in [3.63, 3.8) is 0 Å². The van der Waals surface area contributed by atoms with Crippen molar-refractivity contribution in [1.29, 1.82) is 0 Å². The summed E-state index contributed by atoms with van der Waals surface area (Å²) in [4.78, 5) is 1.89. The molecule has 2 aromatic carbocycles. The molecule has 0 amide bonds. The molecule has 0 saturated carbocycles. The van der Waals surface area contributed by atoms with E-state index >= 15 is 0 Å². The minimum absolute atomic E-state index is 0.178. The lowest BCUT2D eigenvalue weighted by molar-refractivity contribution is 0.0511. The molecule has 0 aliphatic carbocycles. The summed E-state index contributed by atoms with van der Waals surface area (Å²) in [5, 5.41) is 10.0. The maximum absolute atomic E-state index is 10.0. The number of hydrogen-bond acceptors (Lipinski definition) is 3. The standard InChI is InChI=1S/C14H13N3O3/c1-19-9-20-10-6-7-14(18)13(8-10)17-15-11-4-2-3-5-12(11)16(15)17/h2-8,18H,9H2,1H3. The third-order valence-electron chi connectivity index (χ3n) is 3.33. The fourth-order valence-corrected chi connectivity index (χ4v) is 2.38. The van der Waals surface area contributed by atoms with Crippen LogP contribution in [0.2, 0.25) is 0 Å². The molecule has 6 heteroatoms. The van der Waals surface area contributed by atoms with Gasteiger partial charge in [-0.1, -0.05) is 12.1 Å². The summed E-state index contributed by atoms with van der Waals surface area (Å²) in [5.74, 6) is 0.854. The Morgan fingerprint density at radius 3 is 2.40 bits per heavy atom. The second-order valence-electron chi connectivity index (χ2n) is 4.56. The summed E-state index contributed by atoms with van der Waals surface area (Å²) < 4.78 is 14.2. The molecule has 0 aliphatic heterocycles. The predicted octanol–water partition coefficient (Wildman–Crippen LogP) is 2.11. The van der Waals surface area contributed by atoms with E-state index in [-0.39, 0.29) is 12.5 Å². The van der Waals surface area contributed by atoms with Gasteiger partial charge in [0.15, 0.2) is 6.79 Å². The summed E-state index contributed by atoms with van der Waals surface area (Å²) in [6, 6.07) is 13.2. The van der Waals surface area contributed by atoms with Gasteiger partial charge in [-0.05, 0) is 24.3 Å². The van der Waals surface area contributed by atoms with Crippen molar-refractivity contribution >= 4 is 11.0 Å². The van der Waals surface area contributed by atoms with E-state index in [4.69, 9.17) is 9.47 Å². The molecule has 6 nitrogen and oxygen atoms in total. The van der Waals surface area contributed by atoms with Crippen molar-refractivity contribution < 1.29 is 14.6 Å². The average molecular weight is 271 g/mol. The average Bonchev–Trinajstić information content (AvgIpc) is 3.12. The highest BCUT2D eigenvalue weighted by molar-refractivity contribution is 5.79. The van der Waals surface area contributed by atoms with E-state index in [1.165, 1.54) is 0 Å². The molecule has 0 unspecified atom stereocenters. The molecular weight excluding hydrogens is 258 g/mol. The number of nitrogens with zero attached hydrogens (tertiary/aromatic N) is 3. The van der Waals surface area contributed by atoms with Crippen LogP contribution in [0.3, 0.4) is 0 Å². The molecule has 102 valence electrons. The third-order valence-corrected chi connectivity index (χ3v) is 3.33. The Hall–Kier alpha value is -2.60. The number of methoxy groups -OCH3 is 1. The first-order valence-electron chi connectivity index (χ1n) is 6.25. The Morgan fingerprint density at radius 2 is 1.75 bits per heavy atom. The van der Waals surface area contributed by atoms with Crippen LogP contribution in [-0.2, 0) is 4.74 Å². The highest BCUT2D eigenvalue weighted by Gasteiger charge is 2.25. The number of fused-ring (bicyclic) bond motifs is 4. The Labute approximate surface area is 114 Å². The van der Waals surface area contributed by atoms with Gasteiger partial charge in [-0.25, -0.2) is 0 Å². The minimum atomic E-state index is 0.178. The van der Waals surface area contributed by atoms with Crippen LogP contribution >= 0.6 is 0 Å². The van der Waals surface area contributed by atoms with Crippen molar-refractivity contribution in [1.82, 2.24) is 14.1 Å². The molecule has 20 heavy (non-hydrogen) atoms. The zero-order valence-corrected chi connectivity index (χ0v) is 10.9. The van der Waals surface area contributed by atoms with Crippen molar-refractivity contribution in [2.24, 2.45) is 0 Å². The van der Waals surface area contributed by atoms with E-state index < -0.39 is 0 Å². The van der Waals surface area contributed by atoms with Crippen molar-refractivity contribution in [2.75, 3.05) is 13.9 Å². The number of benzene rings is 2. The molecular formula is C14H13N3O3. The fraction of sp³-hybridized carbons (Fsp3) is 0.143. The molecule has 2 aromatic heterocycles.